The van der Waals surface area contributed by atoms with Gasteiger partial charge in [-0.15, -0.1) is 11.8 Å². The molecule has 3 unspecified atom stereocenters. The highest BCUT2D eigenvalue weighted by Crippen LogP contribution is 2.37. The summed E-state index contributed by atoms with van der Waals surface area (Å²) in [5.74, 6) is 0.702. The fourth-order valence-electron chi connectivity index (χ4n) is 2.80. The third-order valence-electron chi connectivity index (χ3n) is 3.74. The topological polar surface area (TPSA) is 26.0 Å². The van der Waals surface area contributed by atoms with E-state index in [0.717, 1.165) is 22.8 Å². The normalized spacial score (nSPS) is 25.3. The highest BCUT2D eigenvalue weighted by atomic mass is 32.2. The first kappa shape index (κ1) is 14.9. The Kier molecular flexibility index (Phi) is 5.28. The summed E-state index contributed by atoms with van der Waals surface area (Å²) < 4.78 is 14.1. The van der Waals surface area contributed by atoms with Gasteiger partial charge in [0, 0.05) is 16.2 Å². The van der Waals surface area contributed by atoms with Crippen molar-refractivity contribution in [3.63, 3.8) is 0 Å². The fourth-order valence-corrected chi connectivity index (χ4v) is 4.19. The van der Waals surface area contributed by atoms with Crippen LogP contribution in [0.2, 0.25) is 0 Å². The van der Waals surface area contributed by atoms with Crippen LogP contribution in [0.1, 0.15) is 45.1 Å². The first-order valence-electron chi connectivity index (χ1n) is 7.25. The van der Waals surface area contributed by atoms with E-state index in [1.165, 1.54) is 25.7 Å². The van der Waals surface area contributed by atoms with E-state index < -0.39 is 0 Å². The Balaban J connectivity index is 2.00. The number of nitrogens with two attached hydrogens (primary N) is 1. The van der Waals surface area contributed by atoms with Crippen molar-refractivity contribution in [1.29, 1.82) is 0 Å². The Hall–Kier alpha value is -0.540. The average Bonchev–Trinajstić information content (AvgIpc) is 2.32. The van der Waals surface area contributed by atoms with Gasteiger partial charge in [0.25, 0.3) is 0 Å². The van der Waals surface area contributed by atoms with Gasteiger partial charge >= 0.3 is 0 Å². The van der Waals surface area contributed by atoms with E-state index in [9.17, 15) is 4.39 Å². The van der Waals surface area contributed by atoms with Gasteiger partial charge in [-0.3, -0.25) is 0 Å². The summed E-state index contributed by atoms with van der Waals surface area (Å²) in [5.41, 5.74) is 6.74. The lowest BCUT2D eigenvalue weighted by Crippen LogP contribution is -2.18. The molecular formula is C16H24FNS. The fraction of sp³-hybridized carbons (Fsp3) is 0.625. The largest absolute Gasteiger partial charge is 0.328 e. The predicted octanol–water partition coefficient (Wildman–Crippen LogP) is 4.39. The van der Waals surface area contributed by atoms with E-state index >= 15 is 0 Å². The van der Waals surface area contributed by atoms with Crippen molar-refractivity contribution in [2.45, 2.75) is 62.1 Å². The molecule has 0 spiro atoms. The zero-order chi connectivity index (χ0) is 13.8. The summed E-state index contributed by atoms with van der Waals surface area (Å²) in [4.78, 5) is 0.799. The molecule has 19 heavy (non-hydrogen) atoms. The molecule has 3 atom stereocenters. The number of hydrogen-bond acceptors (Lipinski definition) is 2. The lowest BCUT2D eigenvalue weighted by molar-refractivity contribution is 0.394. The van der Waals surface area contributed by atoms with Gasteiger partial charge in [-0.05, 0) is 49.8 Å². The number of hydrogen-bond donors (Lipinski definition) is 1. The van der Waals surface area contributed by atoms with Crippen molar-refractivity contribution in [2.75, 3.05) is 0 Å². The summed E-state index contributed by atoms with van der Waals surface area (Å²) in [6.07, 6.45) is 5.78. The lowest BCUT2D eigenvalue weighted by atomic mass is 9.91. The zero-order valence-electron chi connectivity index (χ0n) is 11.9. The maximum atomic E-state index is 14.1. The molecule has 2 N–H and O–H groups in total. The Morgan fingerprint density at radius 3 is 2.84 bits per heavy atom. The van der Waals surface area contributed by atoms with Gasteiger partial charge in [-0.1, -0.05) is 25.8 Å². The van der Waals surface area contributed by atoms with Crippen molar-refractivity contribution in [1.82, 2.24) is 0 Å². The van der Waals surface area contributed by atoms with Crippen LogP contribution in [0.25, 0.3) is 0 Å². The lowest BCUT2D eigenvalue weighted by Gasteiger charge is -2.26. The standard InChI is InChI=1S/C16H24FNS/c1-11-4-3-5-14(8-11)19-16-7-6-13(9-12(2)18)10-15(16)17/h6-7,10-12,14H,3-5,8-9,18H2,1-2H3. The maximum absolute atomic E-state index is 14.1. The van der Waals surface area contributed by atoms with Gasteiger partial charge in [0.15, 0.2) is 0 Å². The van der Waals surface area contributed by atoms with Gasteiger partial charge in [-0.25, -0.2) is 4.39 Å². The number of thioether (sulfide) groups is 1. The summed E-state index contributed by atoms with van der Waals surface area (Å²) >= 11 is 1.72. The summed E-state index contributed by atoms with van der Waals surface area (Å²) in [6.45, 7) is 4.25. The van der Waals surface area contributed by atoms with E-state index in [2.05, 4.69) is 6.92 Å². The van der Waals surface area contributed by atoms with Crippen molar-refractivity contribution >= 4 is 11.8 Å². The third-order valence-corrected chi connectivity index (χ3v) is 5.08. The maximum Gasteiger partial charge on any atom is 0.137 e. The van der Waals surface area contributed by atoms with E-state index in [1.807, 2.05) is 19.1 Å². The van der Waals surface area contributed by atoms with Crippen molar-refractivity contribution in [3.8, 4) is 0 Å². The second-order valence-corrected chi connectivity index (χ2v) is 7.30. The minimum absolute atomic E-state index is 0.0806. The van der Waals surface area contributed by atoms with Crippen LogP contribution in [0.3, 0.4) is 0 Å². The van der Waals surface area contributed by atoms with Crippen LogP contribution in [0.5, 0.6) is 0 Å². The Bertz CT molecular complexity index is 419. The molecule has 1 fully saturated rings. The Labute approximate surface area is 120 Å². The van der Waals surface area contributed by atoms with Crippen molar-refractivity contribution in [2.24, 2.45) is 11.7 Å². The van der Waals surface area contributed by atoms with Crippen LogP contribution in [0.15, 0.2) is 23.1 Å². The first-order chi connectivity index (χ1) is 9.04. The molecule has 2 rings (SSSR count). The predicted molar refractivity (Wildman–Crippen MR) is 81.0 cm³/mol. The molecule has 1 aromatic carbocycles. The summed E-state index contributed by atoms with van der Waals surface area (Å²) in [7, 11) is 0. The van der Waals surface area contributed by atoms with Gasteiger partial charge < -0.3 is 5.73 Å². The Morgan fingerprint density at radius 1 is 1.42 bits per heavy atom. The number of halogens is 1. The zero-order valence-corrected chi connectivity index (χ0v) is 12.7. The minimum atomic E-state index is -0.0821. The second-order valence-electron chi connectivity index (χ2n) is 5.96. The summed E-state index contributed by atoms with van der Waals surface area (Å²) in [5, 5.41) is 0.581. The SMILES string of the molecule is CC(N)Cc1ccc(SC2CCCC(C)C2)c(F)c1. The van der Waals surface area contributed by atoms with Crippen LogP contribution < -0.4 is 5.73 Å². The van der Waals surface area contributed by atoms with Gasteiger partial charge in [0.2, 0.25) is 0 Å². The molecule has 1 aliphatic carbocycles. The van der Waals surface area contributed by atoms with E-state index in [1.54, 1.807) is 17.8 Å². The molecule has 1 saturated carbocycles. The number of rotatable bonds is 4. The van der Waals surface area contributed by atoms with E-state index in [-0.39, 0.29) is 11.9 Å². The molecule has 0 radical (unpaired) electrons. The smallest absolute Gasteiger partial charge is 0.137 e. The van der Waals surface area contributed by atoms with Crippen LogP contribution in [-0.4, -0.2) is 11.3 Å². The monoisotopic (exact) mass is 281 g/mol. The molecule has 0 saturated heterocycles. The summed E-state index contributed by atoms with van der Waals surface area (Å²) in [6, 6.07) is 5.67. The highest BCUT2D eigenvalue weighted by Gasteiger charge is 2.20. The minimum Gasteiger partial charge on any atom is -0.328 e. The third kappa shape index (κ3) is 4.50. The highest BCUT2D eigenvalue weighted by molar-refractivity contribution is 8.00. The van der Waals surface area contributed by atoms with Gasteiger partial charge in [0.1, 0.15) is 5.82 Å². The van der Waals surface area contributed by atoms with Crippen LogP contribution >= 0.6 is 11.8 Å². The molecule has 0 heterocycles. The Morgan fingerprint density at radius 2 is 2.21 bits per heavy atom. The molecule has 0 bridgehead atoms. The molecular weight excluding hydrogens is 257 g/mol. The van der Waals surface area contributed by atoms with Gasteiger partial charge in [-0.2, -0.15) is 0 Å². The molecule has 0 aliphatic heterocycles. The van der Waals surface area contributed by atoms with Crippen molar-refractivity contribution in [3.05, 3.63) is 29.6 Å². The molecule has 3 heteroatoms. The molecule has 1 aliphatic rings. The van der Waals surface area contributed by atoms with Crippen LogP contribution in [0, 0.1) is 11.7 Å². The van der Waals surface area contributed by atoms with Crippen LogP contribution in [-0.2, 0) is 6.42 Å². The quantitative estimate of drug-likeness (QED) is 0.886. The van der Waals surface area contributed by atoms with E-state index in [4.69, 9.17) is 5.73 Å². The average molecular weight is 281 g/mol. The van der Waals surface area contributed by atoms with Gasteiger partial charge in [0.05, 0.1) is 0 Å². The van der Waals surface area contributed by atoms with Crippen LogP contribution in [0.4, 0.5) is 4.39 Å². The molecule has 0 aromatic heterocycles. The van der Waals surface area contributed by atoms with Crippen molar-refractivity contribution < 1.29 is 4.39 Å². The number of benzene rings is 1. The molecule has 1 nitrogen and oxygen atoms in total. The molecule has 0 amide bonds. The first-order valence-corrected chi connectivity index (χ1v) is 8.13. The van der Waals surface area contributed by atoms with E-state index in [0.29, 0.717) is 5.25 Å². The second kappa shape index (κ2) is 6.76. The molecule has 106 valence electrons. The molecule has 1 aromatic rings.